The average molecular weight is 187 g/mol. The van der Waals surface area contributed by atoms with Gasteiger partial charge in [0.15, 0.2) is 5.15 Å². The summed E-state index contributed by atoms with van der Waals surface area (Å²) < 4.78 is 1.95. The van der Waals surface area contributed by atoms with Gasteiger partial charge in [0.05, 0.1) is 0 Å². The van der Waals surface area contributed by atoms with Crippen LogP contribution in [0.5, 0.6) is 0 Å². The zero-order chi connectivity index (χ0) is 9.35. The second kappa shape index (κ2) is 3.09. The minimum absolute atomic E-state index is 0.121. The van der Waals surface area contributed by atoms with Gasteiger partial charge in [-0.05, 0) is 13.0 Å². The Balaban J connectivity index is 3.13. The van der Waals surface area contributed by atoms with Gasteiger partial charge in [0.1, 0.15) is 0 Å². The minimum Gasteiger partial charge on any atom is -0.268 e. The smallest absolute Gasteiger partial charge is 0.151 e. The Bertz CT molecular complexity index is 271. The fourth-order valence-electron chi connectivity index (χ4n) is 1.23. The van der Waals surface area contributed by atoms with E-state index in [0.717, 1.165) is 6.54 Å². The minimum atomic E-state index is 0.121. The second-order valence-corrected chi connectivity index (χ2v) is 4.31. The molecule has 0 N–H and O–H groups in total. The molecule has 2 nitrogen and oxygen atoms in total. The number of halogens is 1. The van der Waals surface area contributed by atoms with Crippen LogP contribution in [-0.2, 0) is 12.0 Å². The van der Waals surface area contributed by atoms with Crippen LogP contribution in [0.15, 0.2) is 6.07 Å². The molecule has 0 saturated heterocycles. The number of hydrogen-bond donors (Lipinski definition) is 0. The lowest BCUT2D eigenvalue weighted by molar-refractivity contribution is 0.498. The lowest BCUT2D eigenvalue weighted by atomic mass is 9.92. The van der Waals surface area contributed by atoms with Crippen LogP contribution in [0, 0.1) is 0 Å². The molecule has 0 atom stereocenters. The number of aryl methyl sites for hydroxylation is 1. The van der Waals surface area contributed by atoms with E-state index in [1.807, 2.05) is 10.7 Å². The predicted octanol–water partition coefficient (Wildman–Crippen LogP) is 2.85. The maximum absolute atomic E-state index is 5.82. The predicted molar refractivity (Wildman–Crippen MR) is 51.6 cm³/mol. The van der Waals surface area contributed by atoms with Crippen molar-refractivity contribution in [3.05, 3.63) is 16.9 Å². The largest absolute Gasteiger partial charge is 0.268 e. The Labute approximate surface area is 78.5 Å². The van der Waals surface area contributed by atoms with Crippen LogP contribution in [0.2, 0.25) is 5.15 Å². The van der Waals surface area contributed by atoms with E-state index >= 15 is 0 Å². The Kier molecular flexibility index (Phi) is 2.47. The highest BCUT2D eigenvalue weighted by molar-refractivity contribution is 6.29. The van der Waals surface area contributed by atoms with Gasteiger partial charge in [-0.15, -0.1) is 0 Å². The first-order chi connectivity index (χ1) is 5.45. The molecule has 0 aliphatic rings. The monoisotopic (exact) mass is 186 g/mol. The summed E-state index contributed by atoms with van der Waals surface area (Å²) >= 11 is 5.82. The molecule has 0 aliphatic carbocycles. The van der Waals surface area contributed by atoms with Crippen molar-refractivity contribution in [2.75, 3.05) is 0 Å². The van der Waals surface area contributed by atoms with Crippen LogP contribution in [0.3, 0.4) is 0 Å². The van der Waals surface area contributed by atoms with E-state index in [0.29, 0.717) is 5.15 Å². The summed E-state index contributed by atoms with van der Waals surface area (Å²) in [4.78, 5) is 0. The van der Waals surface area contributed by atoms with Gasteiger partial charge in [0.25, 0.3) is 0 Å². The van der Waals surface area contributed by atoms with Gasteiger partial charge < -0.3 is 0 Å². The maximum Gasteiger partial charge on any atom is 0.151 e. The quantitative estimate of drug-likeness (QED) is 0.660. The summed E-state index contributed by atoms with van der Waals surface area (Å²) in [6.07, 6.45) is 0. The van der Waals surface area contributed by atoms with Gasteiger partial charge >= 0.3 is 0 Å². The van der Waals surface area contributed by atoms with Crippen LogP contribution in [0.25, 0.3) is 0 Å². The molecule has 0 unspecified atom stereocenters. The summed E-state index contributed by atoms with van der Waals surface area (Å²) in [5, 5.41) is 4.76. The van der Waals surface area contributed by atoms with E-state index in [1.165, 1.54) is 5.69 Å². The van der Waals surface area contributed by atoms with Crippen molar-refractivity contribution in [3.63, 3.8) is 0 Å². The molecule has 0 aromatic carbocycles. The molecule has 0 spiro atoms. The zero-order valence-corrected chi connectivity index (χ0v) is 8.81. The van der Waals surface area contributed by atoms with Crippen molar-refractivity contribution in [2.24, 2.45) is 0 Å². The van der Waals surface area contributed by atoms with Gasteiger partial charge in [-0.2, -0.15) is 5.10 Å². The van der Waals surface area contributed by atoms with E-state index in [2.05, 4.69) is 32.8 Å². The Morgan fingerprint density at radius 3 is 2.42 bits per heavy atom. The highest BCUT2D eigenvalue weighted by atomic mass is 35.5. The van der Waals surface area contributed by atoms with Gasteiger partial charge in [0.2, 0.25) is 0 Å². The lowest BCUT2D eigenvalue weighted by Crippen LogP contribution is -2.17. The molecule has 0 aliphatic heterocycles. The third-order valence-corrected chi connectivity index (χ3v) is 2.00. The molecule has 0 amide bonds. The molecule has 68 valence electrons. The molecular weight excluding hydrogens is 172 g/mol. The van der Waals surface area contributed by atoms with Gasteiger partial charge in [-0.3, -0.25) is 4.68 Å². The van der Waals surface area contributed by atoms with Crippen molar-refractivity contribution in [1.82, 2.24) is 9.78 Å². The summed E-state index contributed by atoms with van der Waals surface area (Å²) in [5.74, 6) is 0. The van der Waals surface area contributed by atoms with Crippen LogP contribution >= 0.6 is 11.6 Å². The summed E-state index contributed by atoms with van der Waals surface area (Å²) in [6, 6.07) is 1.94. The number of aromatic nitrogens is 2. The molecule has 3 heteroatoms. The summed E-state index contributed by atoms with van der Waals surface area (Å²) in [6.45, 7) is 9.42. The van der Waals surface area contributed by atoms with Crippen molar-refractivity contribution < 1.29 is 0 Å². The van der Waals surface area contributed by atoms with Gasteiger partial charge in [-0.25, -0.2) is 0 Å². The highest BCUT2D eigenvalue weighted by Gasteiger charge is 2.19. The molecule has 1 aromatic heterocycles. The van der Waals surface area contributed by atoms with Crippen LogP contribution < -0.4 is 0 Å². The summed E-state index contributed by atoms with van der Waals surface area (Å²) in [7, 11) is 0. The van der Waals surface area contributed by atoms with Crippen LogP contribution in [0.4, 0.5) is 0 Å². The molecule has 0 saturated carbocycles. The molecule has 0 fully saturated rings. The van der Waals surface area contributed by atoms with E-state index < -0.39 is 0 Å². The number of nitrogens with zero attached hydrogens (tertiary/aromatic N) is 2. The lowest BCUT2D eigenvalue weighted by Gasteiger charge is -2.19. The Morgan fingerprint density at radius 1 is 1.50 bits per heavy atom. The second-order valence-electron chi connectivity index (χ2n) is 3.92. The fraction of sp³-hybridized carbons (Fsp3) is 0.667. The Hall–Kier alpha value is -0.500. The number of hydrogen-bond acceptors (Lipinski definition) is 1. The molecule has 0 radical (unpaired) electrons. The zero-order valence-electron chi connectivity index (χ0n) is 8.06. The van der Waals surface area contributed by atoms with Crippen molar-refractivity contribution >= 4 is 11.6 Å². The van der Waals surface area contributed by atoms with E-state index in [4.69, 9.17) is 11.6 Å². The SMILES string of the molecule is CCn1nc(Cl)cc1C(C)(C)C. The van der Waals surface area contributed by atoms with Crippen molar-refractivity contribution in [3.8, 4) is 0 Å². The van der Waals surface area contributed by atoms with Crippen LogP contribution in [-0.4, -0.2) is 9.78 Å². The topological polar surface area (TPSA) is 17.8 Å². The average Bonchev–Trinajstić information content (AvgIpc) is 2.29. The first kappa shape index (κ1) is 9.59. The Morgan fingerprint density at radius 2 is 2.08 bits per heavy atom. The fourth-order valence-corrected chi connectivity index (χ4v) is 1.42. The van der Waals surface area contributed by atoms with E-state index in [9.17, 15) is 0 Å². The van der Waals surface area contributed by atoms with E-state index in [1.54, 1.807) is 0 Å². The van der Waals surface area contributed by atoms with Gasteiger partial charge in [-0.1, -0.05) is 32.4 Å². The molecule has 12 heavy (non-hydrogen) atoms. The first-order valence-electron chi connectivity index (χ1n) is 4.19. The molecule has 1 aromatic rings. The molecular formula is C9H15ClN2. The molecule has 0 bridgehead atoms. The van der Waals surface area contributed by atoms with E-state index in [-0.39, 0.29) is 5.41 Å². The van der Waals surface area contributed by atoms with Crippen molar-refractivity contribution in [1.29, 1.82) is 0 Å². The normalized spacial score (nSPS) is 12.1. The molecule has 1 rings (SSSR count). The van der Waals surface area contributed by atoms with Gasteiger partial charge in [0, 0.05) is 17.7 Å². The maximum atomic E-state index is 5.82. The molecule has 1 heterocycles. The third kappa shape index (κ3) is 1.81. The standard InChI is InChI=1S/C9H15ClN2/c1-5-12-7(9(2,3)4)6-8(10)11-12/h6H,5H2,1-4H3. The highest BCUT2D eigenvalue weighted by Crippen LogP contribution is 2.24. The van der Waals surface area contributed by atoms with Crippen LogP contribution in [0.1, 0.15) is 33.4 Å². The first-order valence-corrected chi connectivity index (χ1v) is 4.56. The van der Waals surface area contributed by atoms with Crippen molar-refractivity contribution in [2.45, 2.75) is 39.7 Å². The third-order valence-electron chi connectivity index (χ3n) is 1.82. The number of rotatable bonds is 1. The summed E-state index contributed by atoms with van der Waals surface area (Å²) in [5.41, 5.74) is 1.31.